The SMILES string of the molecule is CCC[C@H]1CC[C@H](c2ccc(-c3ccc(C(C)=O)cc3)c(Cl)c2)CC1. The smallest absolute Gasteiger partial charge is 0.159 e. The molecule has 0 unspecified atom stereocenters. The molecule has 0 N–H and O–H groups in total. The van der Waals surface area contributed by atoms with Crippen LogP contribution in [0.25, 0.3) is 11.1 Å². The first kappa shape index (κ1) is 18.2. The molecule has 1 aliphatic carbocycles. The second-order valence-electron chi connectivity index (χ2n) is 7.38. The molecule has 0 bridgehead atoms. The molecule has 1 nitrogen and oxygen atoms in total. The molecule has 1 saturated carbocycles. The minimum atomic E-state index is 0.0895. The molecule has 1 fully saturated rings. The van der Waals surface area contributed by atoms with Gasteiger partial charge in [-0.3, -0.25) is 4.79 Å². The number of carbonyl (C=O) groups excluding carboxylic acids is 1. The van der Waals surface area contributed by atoms with Crippen molar-refractivity contribution >= 4 is 17.4 Å². The molecule has 0 aliphatic heterocycles. The molecular formula is C23H27ClO. The summed E-state index contributed by atoms with van der Waals surface area (Å²) in [5.41, 5.74) is 4.22. The first-order chi connectivity index (χ1) is 12.1. The zero-order valence-electron chi connectivity index (χ0n) is 15.2. The predicted octanol–water partition coefficient (Wildman–Crippen LogP) is 7.28. The number of benzene rings is 2. The molecule has 2 aromatic carbocycles. The van der Waals surface area contributed by atoms with Gasteiger partial charge in [0.05, 0.1) is 0 Å². The monoisotopic (exact) mass is 354 g/mol. The van der Waals surface area contributed by atoms with E-state index in [-0.39, 0.29) is 5.78 Å². The van der Waals surface area contributed by atoms with Crippen LogP contribution in [-0.4, -0.2) is 5.78 Å². The van der Waals surface area contributed by atoms with Crippen LogP contribution in [-0.2, 0) is 0 Å². The third-order valence-corrected chi connectivity index (χ3v) is 5.92. The van der Waals surface area contributed by atoms with E-state index < -0.39 is 0 Å². The van der Waals surface area contributed by atoms with E-state index in [0.717, 1.165) is 27.6 Å². The molecule has 0 radical (unpaired) electrons. The van der Waals surface area contributed by atoms with Crippen molar-refractivity contribution in [2.24, 2.45) is 5.92 Å². The molecule has 132 valence electrons. The number of rotatable bonds is 5. The molecule has 0 aromatic heterocycles. The zero-order valence-corrected chi connectivity index (χ0v) is 16.0. The lowest BCUT2D eigenvalue weighted by molar-refractivity contribution is 0.101. The van der Waals surface area contributed by atoms with Crippen LogP contribution < -0.4 is 0 Å². The number of Topliss-reactive ketones (excluding diaryl/α,β-unsaturated/α-hetero) is 1. The van der Waals surface area contributed by atoms with Crippen molar-refractivity contribution in [3.63, 3.8) is 0 Å². The minimum absolute atomic E-state index is 0.0895. The van der Waals surface area contributed by atoms with Crippen LogP contribution in [0.4, 0.5) is 0 Å². The topological polar surface area (TPSA) is 17.1 Å². The van der Waals surface area contributed by atoms with Gasteiger partial charge in [-0.2, -0.15) is 0 Å². The van der Waals surface area contributed by atoms with Crippen LogP contribution in [0.1, 0.15) is 74.2 Å². The van der Waals surface area contributed by atoms with Crippen molar-refractivity contribution in [2.45, 2.75) is 58.3 Å². The van der Waals surface area contributed by atoms with E-state index in [0.29, 0.717) is 5.92 Å². The van der Waals surface area contributed by atoms with Gasteiger partial charge in [-0.1, -0.05) is 67.8 Å². The maximum atomic E-state index is 11.4. The highest BCUT2D eigenvalue weighted by atomic mass is 35.5. The van der Waals surface area contributed by atoms with Crippen molar-refractivity contribution in [1.82, 2.24) is 0 Å². The Bertz CT molecular complexity index is 724. The average Bonchev–Trinajstić information content (AvgIpc) is 2.63. The van der Waals surface area contributed by atoms with Gasteiger partial charge >= 0.3 is 0 Å². The van der Waals surface area contributed by atoms with E-state index >= 15 is 0 Å². The summed E-state index contributed by atoms with van der Waals surface area (Å²) >= 11 is 6.60. The molecule has 2 aromatic rings. The summed E-state index contributed by atoms with van der Waals surface area (Å²) in [5, 5.41) is 0.809. The number of hydrogen-bond acceptors (Lipinski definition) is 1. The quantitative estimate of drug-likeness (QED) is 0.515. The van der Waals surface area contributed by atoms with Crippen LogP contribution in [0.2, 0.25) is 5.02 Å². The summed E-state index contributed by atoms with van der Waals surface area (Å²) in [6.07, 6.45) is 7.96. The lowest BCUT2D eigenvalue weighted by Crippen LogP contribution is -2.13. The van der Waals surface area contributed by atoms with Crippen LogP contribution in [0, 0.1) is 5.92 Å². The Morgan fingerprint density at radius 2 is 1.72 bits per heavy atom. The fraction of sp³-hybridized carbons (Fsp3) is 0.435. The van der Waals surface area contributed by atoms with Gasteiger partial charge < -0.3 is 0 Å². The Hall–Kier alpha value is -1.60. The van der Waals surface area contributed by atoms with Crippen LogP contribution in [0.15, 0.2) is 42.5 Å². The molecule has 0 amide bonds. The Balaban J connectivity index is 1.74. The second-order valence-corrected chi connectivity index (χ2v) is 7.79. The lowest BCUT2D eigenvalue weighted by Gasteiger charge is -2.29. The molecule has 3 rings (SSSR count). The van der Waals surface area contributed by atoms with Crippen molar-refractivity contribution in [2.75, 3.05) is 0 Å². The summed E-state index contributed by atoms with van der Waals surface area (Å²) in [6.45, 7) is 3.87. The number of hydrogen-bond donors (Lipinski definition) is 0. The summed E-state index contributed by atoms with van der Waals surface area (Å²) in [6, 6.07) is 14.2. The normalized spacial score (nSPS) is 20.4. The van der Waals surface area contributed by atoms with Crippen LogP contribution in [0.5, 0.6) is 0 Å². The van der Waals surface area contributed by atoms with E-state index in [1.165, 1.54) is 44.1 Å². The molecular weight excluding hydrogens is 328 g/mol. The number of ketones is 1. The maximum absolute atomic E-state index is 11.4. The van der Waals surface area contributed by atoms with Gasteiger partial charge in [0.2, 0.25) is 0 Å². The number of carbonyl (C=O) groups is 1. The third kappa shape index (κ3) is 4.33. The Morgan fingerprint density at radius 3 is 2.28 bits per heavy atom. The van der Waals surface area contributed by atoms with Gasteiger partial charge in [0.25, 0.3) is 0 Å². The zero-order chi connectivity index (χ0) is 17.8. The van der Waals surface area contributed by atoms with Crippen molar-refractivity contribution in [3.05, 3.63) is 58.6 Å². The first-order valence-electron chi connectivity index (χ1n) is 9.49. The summed E-state index contributed by atoms with van der Waals surface area (Å²) in [4.78, 5) is 11.4. The average molecular weight is 355 g/mol. The largest absolute Gasteiger partial charge is 0.295 e. The standard InChI is InChI=1S/C23H27ClO/c1-3-4-17-5-7-19(8-6-17)21-13-14-22(23(24)15-21)20-11-9-18(10-12-20)16(2)25/h9-15,17,19H,3-8H2,1-2H3/t17-,19-. The van der Waals surface area contributed by atoms with E-state index in [2.05, 4.69) is 25.1 Å². The van der Waals surface area contributed by atoms with E-state index in [9.17, 15) is 4.79 Å². The predicted molar refractivity (Wildman–Crippen MR) is 106 cm³/mol. The third-order valence-electron chi connectivity index (χ3n) is 5.61. The summed E-state index contributed by atoms with van der Waals surface area (Å²) in [7, 11) is 0. The van der Waals surface area contributed by atoms with Gasteiger partial charge in [-0.25, -0.2) is 0 Å². The molecule has 25 heavy (non-hydrogen) atoms. The van der Waals surface area contributed by atoms with Crippen LogP contribution >= 0.6 is 11.6 Å². The van der Waals surface area contributed by atoms with Gasteiger partial charge in [0.1, 0.15) is 0 Å². The lowest BCUT2D eigenvalue weighted by atomic mass is 9.77. The van der Waals surface area contributed by atoms with Crippen LogP contribution in [0.3, 0.4) is 0 Å². The van der Waals surface area contributed by atoms with Gasteiger partial charge in [0, 0.05) is 16.1 Å². The minimum Gasteiger partial charge on any atom is -0.295 e. The highest BCUT2D eigenvalue weighted by Gasteiger charge is 2.22. The second kappa shape index (κ2) is 8.19. The molecule has 0 atom stereocenters. The Labute approximate surface area is 156 Å². The van der Waals surface area contributed by atoms with Crippen molar-refractivity contribution in [1.29, 1.82) is 0 Å². The molecule has 0 spiro atoms. The van der Waals surface area contributed by atoms with Gasteiger partial charge in [0.15, 0.2) is 5.78 Å². The Kier molecular flexibility index (Phi) is 5.96. The molecule has 0 heterocycles. The molecule has 1 aliphatic rings. The number of halogens is 1. The van der Waals surface area contributed by atoms with Gasteiger partial charge in [-0.05, 0) is 61.6 Å². The van der Waals surface area contributed by atoms with E-state index in [1.807, 2.05) is 24.3 Å². The highest BCUT2D eigenvalue weighted by molar-refractivity contribution is 6.33. The first-order valence-corrected chi connectivity index (χ1v) is 9.87. The molecule has 2 heteroatoms. The van der Waals surface area contributed by atoms with E-state index in [1.54, 1.807) is 6.92 Å². The van der Waals surface area contributed by atoms with E-state index in [4.69, 9.17) is 11.6 Å². The fourth-order valence-corrected chi connectivity index (χ4v) is 4.39. The van der Waals surface area contributed by atoms with Crippen molar-refractivity contribution < 1.29 is 4.79 Å². The Morgan fingerprint density at radius 1 is 1.04 bits per heavy atom. The fourth-order valence-electron chi connectivity index (χ4n) is 4.10. The van der Waals surface area contributed by atoms with Gasteiger partial charge in [-0.15, -0.1) is 0 Å². The summed E-state index contributed by atoms with van der Waals surface area (Å²) in [5.74, 6) is 1.67. The summed E-state index contributed by atoms with van der Waals surface area (Å²) < 4.78 is 0. The van der Waals surface area contributed by atoms with Crippen molar-refractivity contribution in [3.8, 4) is 11.1 Å². The highest BCUT2D eigenvalue weighted by Crippen LogP contribution is 2.39. The maximum Gasteiger partial charge on any atom is 0.159 e. The molecule has 0 saturated heterocycles.